The van der Waals surface area contributed by atoms with Crippen LogP contribution in [0.1, 0.15) is 38.1 Å². The number of halogens is 2. The average Bonchev–Trinajstić information content (AvgIpc) is 2.81. The minimum Gasteiger partial charge on any atom is -0.337 e. The number of nitrogens with zero attached hydrogens (tertiary/aromatic N) is 1. The summed E-state index contributed by atoms with van der Waals surface area (Å²) in [6.45, 7) is 0. The minimum atomic E-state index is -0.269. The summed E-state index contributed by atoms with van der Waals surface area (Å²) in [6.07, 6.45) is 6.04. The summed E-state index contributed by atoms with van der Waals surface area (Å²) in [5, 5.41) is 1.63. The number of benzene rings is 2. The van der Waals surface area contributed by atoms with Crippen LogP contribution in [0.5, 0.6) is 0 Å². The summed E-state index contributed by atoms with van der Waals surface area (Å²) in [5.41, 5.74) is 2.04. The lowest BCUT2D eigenvalue weighted by Crippen LogP contribution is -2.12. The molecule has 4 rings (SSSR count). The molecule has 0 spiro atoms. The van der Waals surface area contributed by atoms with E-state index in [9.17, 15) is 8.78 Å². The molecule has 21 heavy (non-hydrogen) atoms. The molecular weight excluding hydrogens is 268 g/mol. The topological polar surface area (TPSA) is 4.93 Å². The molecular formula is C18H17F2N. The zero-order valence-corrected chi connectivity index (χ0v) is 11.8. The fourth-order valence-corrected chi connectivity index (χ4v) is 3.73. The molecule has 3 heteroatoms. The molecule has 0 aliphatic heterocycles. The van der Waals surface area contributed by atoms with E-state index in [1.54, 1.807) is 0 Å². The molecule has 0 amide bonds. The van der Waals surface area contributed by atoms with E-state index in [1.165, 1.54) is 43.5 Å². The Kier molecular flexibility index (Phi) is 2.95. The van der Waals surface area contributed by atoms with Crippen LogP contribution < -0.4 is 0 Å². The zero-order valence-electron chi connectivity index (χ0n) is 11.8. The zero-order chi connectivity index (χ0) is 14.4. The van der Waals surface area contributed by atoms with Gasteiger partial charge in [0.25, 0.3) is 0 Å². The first-order valence-corrected chi connectivity index (χ1v) is 7.63. The lowest BCUT2D eigenvalue weighted by Gasteiger charge is -2.25. The second-order valence-electron chi connectivity index (χ2n) is 5.98. The maximum absolute atomic E-state index is 13.6. The van der Waals surface area contributed by atoms with Gasteiger partial charge < -0.3 is 4.57 Å². The van der Waals surface area contributed by atoms with Crippen molar-refractivity contribution in [2.75, 3.05) is 0 Å². The van der Waals surface area contributed by atoms with Gasteiger partial charge in [0, 0.05) is 27.8 Å². The maximum atomic E-state index is 13.6. The van der Waals surface area contributed by atoms with E-state index in [0.29, 0.717) is 6.04 Å². The highest BCUT2D eigenvalue weighted by molar-refractivity contribution is 6.08. The summed E-state index contributed by atoms with van der Waals surface area (Å²) in [5.74, 6) is -0.538. The Hall–Kier alpha value is -1.90. The fourth-order valence-electron chi connectivity index (χ4n) is 3.73. The predicted octanol–water partition coefficient (Wildman–Crippen LogP) is 5.58. The molecule has 3 aromatic rings. The van der Waals surface area contributed by atoms with E-state index < -0.39 is 0 Å². The Morgan fingerprint density at radius 3 is 1.81 bits per heavy atom. The van der Waals surface area contributed by atoms with E-state index in [-0.39, 0.29) is 11.6 Å². The molecule has 1 aromatic heterocycles. The summed E-state index contributed by atoms with van der Waals surface area (Å²) in [6, 6.07) is 10.1. The molecule has 1 aliphatic carbocycles. The Balaban J connectivity index is 2.06. The average molecular weight is 285 g/mol. The second kappa shape index (κ2) is 4.83. The van der Waals surface area contributed by atoms with Gasteiger partial charge in [0.15, 0.2) is 0 Å². The van der Waals surface area contributed by atoms with Crippen molar-refractivity contribution >= 4 is 21.8 Å². The molecule has 1 aliphatic rings. The van der Waals surface area contributed by atoms with Crippen molar-refractivity contribution in [3.05, 3.63) is 48.0 Å². The lowest BCUT2D eigenvalue weighted by molar-refractivity contribution is 0.367. The highest BCUT2D eigenvalue weighted by atomic mass is 19.1. The Morgan fingerprint density at radius 1 is 0.762 bits per heavy atom. The predicted molar refractivity (Wildman–Crippen MR) is 81.5 cm³/mol. The van der Waals surface area contributed by atoms with Gasteiger partial charge in [-0.15, -0.1) is 0 Å². The van der Waals surface area contributed by atoms with E-state index >= 15 is 0 Å². The first-order valence-electron chi connectivity index (χ1n) is 7.63. The molecule has 1 fully saturated rings. The third-order valence-electron chi connectivity index (χ3n) is 4.67. The van der Waals surface area contributed by atoms with Crippen LogP contribution in [0.25, 0.3) is 21.8 Å². The van der Waals surface area contributed by atoms with Crippen molar-refractivity contribution in [1.29, 1.82) is 0 Å². The van der Waals surface area contributed by atoms with Crippen LogP contribution in [0.3, 0.4) is 0 Å². The van der Waals surface area contributed by atoms with Gasteiger partial charge in [-0.2, -0.15) is 0 Å². The fraction of sp³-hybridized carbons (Fsp3) is 0.333. The summed E-state index contributed by atoms with van der Waals surface area (Å²) in [7, 11) is 0. The van der Waals surface area contributed by atoms with Crippen LogP contribution in [0.15, 0.2) is 36.4 Å². The number of hydrogen-bond acceptors (Lipinski definition) is 0. The van der Waals surface area contributed by atoms with Gasteiger partial charge in [-0.25, -0.2) is 8.78 Å². The molecule has 0 saturated heterocycles. The molecule has 2 aromatic carbocycles. The molecule has 1 heterocycles. The smallest absolute Gasteiger partial charge is 0.123 e. The second-order valence-corrected chi connectivity index (χ2v) is 5.98. The first kappa shape index (κ1) is 12.8. The normalized spacial score (nSPS) is 16.9. The number of fused-ring (bicyclic) bond motifs is 3. The monoisotopic (exact) mass is 285 g/mol. The van der Waals surface area contributed by atoms with E-state index in [4.69, 9.17) is 0 Å². The van der Waals surface area contributed by atoms with Crippen molar-refractivity contribution in [2.45, 2.75) is 38.1 Å². The van der Waals surface area contributed by atoms with Crippen LogP contribution in [0.4, 0.5) is 8.78 Å². The van der Waals surface area contributed by atoms with Gasteiger partial charge in [-0.3, -0.25) is 0 Å². The number of hydrogen-bond donors (Lipinski definition) is 0. The van der Waals surface area contributed by atoms with Crippen LogP contribution >= 0.6 is 0 Å². The summed E-state index contributed by atoms with van der Waals surface area (Å²) in [4.78, 5) is 0. The Labute approximate surface area is 122 Å². The van der Waals surface area contributed by atoms with Gasteiger partial charge in [0.1, 0.15) is 11.6 Å². The molecule has 1 nitrogen and oxygen atoms in total. The molecule has 0 N–H and O–H groups in total. The summed E-state index contributed by atoms with van der Waals surface area (Å²) < 4.78 is 29.5. The van der Waals surface area contributed by atoms with Gasteiger partial charge >= 0.3 is 0 Å². The number of aromatic nitrogens is 1. The van der Waals surface area contributed by atoms with E-state index in [0.717, 1.165) is 34.6 Å². The SMILES string of the molecule is Fc1ccc2c(c1)c1cc(F)ccc1n2C1CCCCC1. The highest BCUT2D eigenvalue weighted by Crippen LogP contribution is 2.37. The lowest BCUT2D eigenvalue weighted by atomic mass is 9.95. The van der Waals surface area contributed by atoms with Gasteiger partial charge in [0.05, 0.1) is 0 Å². The Bertz CT molecular complexity index is 754. The van der Waals surface area contributed by atoms with Gasteiger partial charge in [0.2, 0.25) is 0 Å². The third kappa shape index (κ3) is 2.03. The molecule has 108 valence electrons. The maximum Gasteiger partial charge on any atom is 0.123 e. The molecule has 0 unspecified atom stereocenters. The van der Waals surface area contributed by atoms with Crippen molar-refractivity contribution in [2.24, 2.45) is 0 Å². The van der Waals surface area contributed by atoms with Crippen molar-refractivity contribution in [3.8, 4) is 0 Å². The van der Waals surface area contributed by atoms with Gasteiger partial charge in [-0.05, 0) is 49.2 Å². The van der Waals surface area contributed by atoms with Gasteiger partial charge in [-0.1, -0.05) is 19.3 Å². The molecule has 1 saturated carbocycles. The standard InChI is InChI=1S/C18H17F2N/c19-12-6-8-17-15(10-12)16-11-13(20)7-9-18(16)21(17)14-4-2-1-3-5-14/h6-11,14H,1-5H2. The molecule has 0 atom stereocenters. The molecule has 0 bridgehead atoms. The largest absolute Gasteiger partial charge is 0.337 e. The Morgan fingerprint density at radius 2 is 1.29 bits per heavy atom. The van der Waals surface area contributed by atoms with Crippen molar-refractivity contribution in [3.63, 3.8) is 0 Å². The van der Waals surface area contributed by atoms with Crippen LogP contribution in [0, 0.1) is 11.6 Å². The quantitative estimate of drug-likeness (QED) is 0.550. The van der Waals surface area contributed by atoms with Crippen molar-refractivity contribution in [1.82, 2.24) is 4.57 Å². The summed E-state index contributed by atoms with van der Waals surface area (Å²) >= 11 is 0. The van der Waals surface area contributed by atoms with E-state index in [2.05, 4.69) is 4.57 Å². The molecule has 0 radical (unpaired) electrons. The van der Waals surface area contributed by atoms with Crippen LogP contribution in [-0.2, 0) is 0 Å². The number of rotatable bonds is 1. The highest BCUT2D eigenvalue weighted by Gasteiger charge is 2.21. The van der Waals surface area contributed by atoms with Crippen LogP contribution in [-0.4, -0.2) is 4.57 Å². The van der Waals surface area contributed by atoms with Crippen LogP contribution in [0.2, 0.25) is 0 Å². The first-order chi connectivity index (χ1) is 10.2. The van der Waals surface area contributed by atoms with Crippen molar-refractivity contribution < 1.29 is 8.78 Å². The minimum absolute atomic E-state index is 0.269. The third-order valence-corrected chi connectivity index (χ3v) is 4.67. The van der Waals surface area contributed by atoms with E-state index in [1.807, 2.05) is 12.1 Å².